The van der Waals surface area contributed by atoms with Crippen LogP contribution in [0.1, 0.15) is 31.4 Å². The monoisotopic (exact) mass is 268 g/mol. The van der Waals surface area contributed by atoms with E-state index >= 15 is 0 Å². The van der Waals surface area contributed by atoms with Crippen molar-refractivity contribution < 1.29 is 24.1 Å². The van der Waals surface area contributed by atoms with Crippen LogP contribution in [0.15, 0.2) is 18.2 Å². The molecule has 1 aliphatic rings. The maximum atomic E-state index is 13.2. The summed E-state index contributed by atoms with van der Waals surface area (Å²) in [7, 11) is 0. The molecule has 0 saturated carbocycles. The number of aliphatic hydroxyl groups is 1. The average Bonchev–Trinajstić information content (AvgIpc) is 2.68. The summed E-state index contributed by atoms with van der Waals surface area (Å²) in [5, 5.41) is 19.0. The first kappa shape index (κ1) is 14.0. The van der Waals surface area contributed by atoms with Gasteiger partial charge in [-0.3, -0.25) is 0 Å². The van der Waals surface area contributed by atoms with Crippen molar-refractivity contribution in [1.82, 2.24) is 0 Å². The van der Waals surface area contributed by atoms with Crippen molar-refractivity contribution in [2.24, 2.45) is 0 Å². The van der Waals surface area contributed by atoms with Crippen LogP contribution in [0.2, 0.25) is 0 Å². The summed E-state index contributed by atoms with van der Waals surface area (Å²) in [6.07, 6.45) is -0.697. The predicted octanol–water partition coefficient (Wildman–Crippen LogP) is 1.84. The zero-order chi connectivity index (χ0) is 14.2. The molecule has 1 aromatic carbocycles. The van der Waals surface area contributed by atoms with Gasteiger partial charge in [-0.25, -0.2) is 9.18 Å². The number of aryl methyl sites for hydroxylation is 1. The van der Waals surface area contributed by atoms with E-state index in [1.165, 1.54) is 18.2 Å². The fourth-order valence-electron chi connectivity index (χ4n) is 2.42. The van der Waals surface area contributed by atoms with Gasteiger partial charge in [-0.1, -0.05) is 6.07 Å². The lowest BCUT2D eigenvalue weighted by atomic mass is 9.95. The van der Waals surface area contributed by atoms with E-state index in [0.717, 1.165) is 0 Å². The summed E-state index contributed by atoms with van der Waals surface area (Å²) < 4.78 is 18.8. The van der Waals surface area contributed by atoms with Gasteiger partial charge in [0.15, 0.2) is 5.60 Å². The molecule has 0 amide bonds. The van der Waals surface area contributed by atoms with E-state index in [4.69, 9.17) is 4.74 Å². The molecule has 3 atom stereocenters. The zero-order valence-corrected chi connectivity index (χ0v) is 10.9. The smallest absolute Gasteiger partial charge is 0.340 e. The molecule has 0 aromatic heterocycles. The standard InChI is InChI=1S/C14H17FO4/c1-8(16)9(2)19-14(13(17)18)6-5-10-7-11(15)3-4-12(10)14/h3-4,7-9,16H,5-6H2,1-2H3,(H,17,18). The minimum absolute atomic E-state index is 0.248. The van der Waals surface area contributed by atoms with Gasteiger partial charge in [0.25, 0.3) is 0 Å². The minimum atomic E-state index is -1.49. The molecule has 0 spiro atoms. The Kier molecular flexibility index (Phi) is 3.60. The van der Waals surface area contributed by atoms with Crippen molar-refractivity contribution in [3.63, 3.8) is 0 Å². The van der Waals surface area contributed by atoms with Crippen LogP contribution >= 0.6 is 0 Å². The van der Waals surface area contributed by atoms with Gasteiger partial charge in [-0.2, -0.15) is 0 Å². The number of halogens is 1. The Bertz CT molecular complexity index is 500. The Labute approximate surface area is 110 Å². The normalized spacial score (nSPS) is 24.8. The van der Waals surface area contributed by atoms with Gasteiger partial charge in [-0.05, 0) is 49.9 Å². The maximum absolute atomic E-state index is 13.2. The van der Waals surface area contributed by atoms with Gasteiger partial charge in [-0.15, -0.1) is 0 Å². The molecule has 19 heavy (non-hydrogen) atoms. The minimum Gasteiger partial charge on any atom is -0.479 e. The molecule has 2 N–H and O–H groups in total. The number of rotatable bonds is 4. The van der Waals surface area contributed by atoms with E-state index in [1.807, 2.05) is 0 Å². The molecule has 104 valence electrons. The summed E-state index contributed by atoms with van der Waals surface area (Å²) in [4.78, 5) is 11.6. The molecule has 0 fully saturated rings. The highest BCUT2D eigenvalue weighted by atomic mass is 19.1. The second-order valence-corrected chi connectivity index (χ2v) is 5.00. The molecule has 5 heteroatoms. The SMILES string of the molecule is CC(O)C(C)OC1(C(=O)O)CCc2cc(F)ccc21. The van der Waals surface area contributed by atoms with Crippen molar-refractivity contribution in [3.8, 4) is 0 Å². The first-order valence-electron chi connectivity index (χ1n) is 6.25. The zero-order valence-electron chi connectivity index (χ0n) is 10.9. The quantitative estimate of drug-likeness (QED) is 0.874. The first-order valence-corrected chi connectivity index (χ1v) is 6.25. The highest BCUT2D eigenvalue weighted by molar-refractivity contribution is 5.81. The van der Waals surface area contributed by atoms with E-state index in [2.05, 4.69) is 0 Å². The second-order valence-electron chi connectivity index (χ2n) is 5.00. The van der Waals surface area contributed by atoms with Gasteiger partial charge in [0, 0.05) is 0 Å². The molecule has 1 aromatic rings. The Hall–Kier alpha value is -1.46. The van der Waals surface area contributed by atoms with Crippen molar-refractivity contribution >= 4 is 5.97 Å². The molecule has 0 bridgehead atoms. The van der Waals surface area contributed by atoms with Crippen LogP contribution in [-0.2, 0) is 21.6 Å². The average molecular weight is 268 g/mol. The molecule has 0 radical (unpaired) electrons. The summed E-state index contributed by atoms with van der Waals surface area (Å²) in [5.74, 6) is -1.49. The molecule has 1 aliphatic carbocycles. The summed E-state index contributed by atoms with van der Waals surface area (Å²) in [6.45, 7) is 3.16. The number of aliphatic hydroxyl groups excluding tert-OH is 1. The van der Waals surface area contributed by atoms with Crippen LogP contribution in [0.4, 0.5) is 4.39 Å². The lowest BCUT2D eigenvalue weighted by Crippen LogP contribution is -2.42. The van der Waals surface area contributed by atoms with Gasteiger partial charge in [0.05, 0.1) is 12.2 Å². The third kappa shape index (κ3) is 2.35. The van der Waals surface area contributed by atoms with Crippen LogP contribution < -0.4 is 0 Å². The Morgan fingerprint density at radius 1 is 1.47 bits per heavy atom. The first-order chi connectivity index (χ1) is 8.86. The lowest BCUT2D eigenvalue weighted by Gasteiger charge is -2.30. The van der Waals surface area contributed by atoms with Crippen LogP contribution in [0, 0.1) is 5.82 Å². The second kappa shape index (κ2) is 4.90. The summed E-state index contributed by atoms with van der Waals surface area (Å²) >= 11 is 0. The van der Waals surface area contributed by atoms with Crippen molar-refractivity contribution in [1.29, 1.82) is 0 Å². The van der Waals surface area contributed by atoms with Gasteiger partial charge < -0.3 is 14.9 Å². The van der Waals surface area contributed by atoms with Crippen molar-refractivity contribution in [3.05, 3.63) is 35.1 Å². The summed E-state index contributed by atoms with van der Waals surface area (Å²) in [5.41, 5.74) is -0.353. The van der Waals surface area contributed by atoms with Crippen molar-refractivity contribution in [2.45, 2.75) is 44.5 Å². The Morgan fingerprint density at radius 2 is 2.16 bits per heavy atom. The molecular weight excluding hydrogens is 251 g/mol. The number of hydrogen-bond acceptors (Lipinski definition) is 3. The van der Waals surface area contributed by atoms with E-state index in [1.54, 1.807) is 13.8 Å². The predicted molar refractivity (Wildman–Crippen MR) is 66.3 cm³/mol. The number of carbonyl (C=O) groups is 1. The fourth-order valence-corrected chi connectivity index (χ4v) is 2.42. The van der Waals surface area contributed by atoms with Gasteiger partial charge >= 0.3 is 5.97 Å². The number of fused-ring (bicyclic) bond motifs is 1. The Morgan fingerprint density at radius 3 is 2.74 bits per heavy atom. The van der Waals surface area contributed by atoms with Crippen molar-refractivity contribution in [2.75, 3.05) is 0 Å². The number of ether oxygens (including phenoxy) is 1. The highest BCUT2D eigenvalue weighted by Crippen LogP contribution is 2.41. The third-order valence-electron chi connectivity index (χ3n) is 3.66. The molecule has 0 saturated heterocycles. The van der Waals surface area contributed by atoms with Crippen LogP contribution in [0.3, 0.4) is 0 Å². The van der Waals surface area contributed by atoms with Crippen LogP contribution in [-0.4, -0.2) is 28.4 Å². The number of aliphatic carboxylic acids is 1. The number of carboxylic acid groups (broad SMARTS) is 1. The molecule has 2 rings (SSSR count). The van der Waals surface area contributed by atoms with E-state index in [-0.39, 0.29) is 12.2 Å². The molecule has 0 aliphatic heterocycles. The molecular formula is C14H17FO4. The number of hydrogen-bond donors (Lipinski definition) is 2. The van der Waals surface area contributed by atoms with Crippen LogP contribution in [0.25, 0.3) is 0 Å². The highest BCUT2D eigenvalue weighted by Gasteiger charge is 2.48. The fraction of sp³-hybridized carbons (Fsp3) is 0.500. The molecule has 4 nitrogen and oxygen atoms in total. The van der Waals surface area contributed by atoms with Gasteiger partial charge in [0.1, 0.15) is 5.82 Å². The van der Waals surface area contributed by atoms with E-state index < -0.39 is 23.8 Å². The van der Waals surface area contributed by atoms with Gasteiger partial charge in [0.2, 0.25) is 0 Å². The van der Waals surface area contributed by atoms with E-state index in [0.29, 0.717) is 17.5 Å². The largest absolute Gasteiger partial charge is 0.479 e. The number of carboxylic acids is 1. The van der Waals surface area contributed by atoms with Crippen LogP contribution in [0.5, 0.6) is 0 Å². The maximum Gasteiger partial charge on any atom is 0.340 e. The Balaban J connectivity index is 2.42. The third-order valence-corrected chi connectivity index (χ3v) is 3.66. The summed E-state index contributed by atoms with van der Waals surface area (Å²) in [6, 6.07) is 4.04. The topological polar surface area (TPSA) is 66.8 Å². The lowest BCUT2D eigenvalue weighted by molar-refractivity contribution is -0.182. The molecule has 0 heterocycles. The van der Waals surface area contributed by atoms with E-state index in [9.17, 15) is 19.4 Å². The molecule has 3 unspecified atom stereocenters. The number of benzene rings is 1.